The second-order valence-corrected chi connectivity index (χ2v) is 4.91. The Hall–Kier alpha value is -1.35. The van der Waals surface area contributed by atoms with Gasteiger partial charge in [-0.2, -0.15) is 0 Å². The SMILES string of the molecule is CCCc1ccc2[nH]c(C(C)(C)N)nc2c1. The molecule has 0 bridgehead atoms. The molecule has 0 radical (unpaired) electrons. The van der Waals surface area contributed by atoms with Gasteiger partial charge in [-0.1, -0.05) is 19.4 Å². The molecule has 0 fully saturated rings. The number of benzene rings is 1. The Labute approximate surface area is 96.1 Å². The Kier molecular flexibility index (Phi) is 2.72. The zero-order chi connectivity index (χ0) is 11.8. The maximum Gasteiger partial charge on any atom is 0.126 e. The van der Waals surface area contributed by atoms with E-state index in [4.69, 9.17) is 5.73 Å². The average Bonchev–Trinajstić information content (AvgIpc) is 2.60. The van der Waals surface area contributed by atoms with Gasteiger partial charge >= 0.3 is 0 Å². The van der Waals surface area contributed by atoms with Crippen LogP contribution in [0.1, 0.15) is 38.6 Å². The van der Waals surface area contributed by atoms with Crippen molar-refractivity contribution in [2.24, 2.45) is 5.73 Å². The topological polar surface area (TPSA) is 54.7 Å². The lowest BCUT2D eigenvalue weighted by Gasteiger charge is -2.13. The van der Waals surface area contributed by atoms with Crippen molar-refractivity contribution in [3.63, 3.8) is 0 Å². The van der Waals surface area contributed by atoms with Gasteiger partial charge in [0, 0.05) is 0 Å². The third kappa shape index (κ3) is 2.09. The van der Waals surface area contributed by atoms with Crippen molar-refractivity contribution in [3.8, 4) is 0 Å². The van der Waals surface area contributed by atoms with Crippen molar-refractivity contribution in [3.05, 3.63) is 29.6 Å². The monoisotopic (exact) mass is 217 g/mol. The van der Waals surface area contributed by atoms with Gasteiger partial charge in [-0.25, -0.2) is 4.98 Å². The van der Waals surface area contributed by atoms with Crippen LogP contribution in [0.4, 0.5) is 0 Å². The Balaban J connectivity index is 2.46. The number of aromatic nitrogens is 2. The summed E-state index contributed by atoms with van der Waals surface area (Å²) in [5.74, 6) is 0.844. The van der Waals surface area contributed by atoms with E-state index in [2.05, 4.69) is 35.1 Å². The first-order chi connectivity index (χ1) is 7.50. The van der Waals surface area contributed by atoms with E-state index in [0.717, 1.165) is 29.7 Å². The van der Waals surface area contributed by atoms with Gasteiger partial charge in [0.25, 0.3) is 0 Å². The van der Waals surface area contributed by atoms with E-state index in [1.807, 2.05) is 13.8 Å². The summed E-state index contributed by atoms with van der Waals surface area (Å²) in [7, 11) is 0. The average molecular weight is 217 g/mol. The number of rotatable bonds is 3. The molecule has 2 aromatic rings. The molecule has 0 aliphatic carbocycles. The minimum absolute atomic E-state index is 0.413. The molecule has 86 valence electrons. The number of aromatic amines is 1. The summed E-state index contributed by atoms with van der Waals surface area (Å²) in [4.78, 5) is 7.82. The predicted molar refractivity (Wildman–Crippen MR) is 67.3 cm³/mol. The lowest BCUT2D eigenvalue weighted by atomic mass is 10.1. The highest BCUT2D eigenvalue weighted by Crippen LogP contribution is 2.20. The van der Waals surface area contributed by atoms with Crippen molar-refractivity contribution in [1.82, 2.24) is 9.97 Å². The van der Waals surface area contributed by atoms with E-state index in [0.29, 0.717) is 0 Å². The molecule has 0 aliphatic rings. The summed E-state index contributed by atoms with van der Waals surface area (Å²) in [6, 6.07) is 6.38. The van der Waals surface area contributed by atoms with E-state index in [1.54, 1.807) is 0 Å². The van der Waals surface area contributed by atoms with Gasteiger partial charge in [-0.15, -0.1) is 0 Å². The van der Waals surface area contributed by atoms with Crippen molar-refractivity contribution >= 4 is 11.0 Å². The van der Waals surface area contributed by atoms with Crippen LogP contribution in [0.25, 0.3) is 11.0 Å². The van der Waals surface area contributed by atoms with Crippen LogP contribution in [0.15, 0.2) is 18.2 Å². The number of hydrogen-bond acceptors (Lipinski definition) is 2. The molecule has 0 saturated carbocycles. The molecule has 0 saturated heterocycles. The zero-order valence-corrected chi connectivity index (χ0v) is 10.2. The Morgan fingerprint density at radius 1 is 1.38 bits per heavy atom. The smallest absolute Gasteiger partial charge is 0.126 e. The van der Waals surface area contributed by atoms with E-state index in [1.165, 1.54) is 5.56 Å². The Morgan fingerprint density at radius 3 is 2.75 bits per heavy atom. The van der Waals surface area contributed by atoms with Gasteiger partial charge in [-0.3, -0.25) is 0 Å². The molecule has 0 aliphatic heterocycles. The van der Waals surface area contributed by atoms with Crippen LogP contribution in [0.2, 0.25) is 0 Å². The maximum absolute atomic E-state index is 6.02. The third-order valence-electron chi connectivity index (χ3n) is 2.70. The number of nitrogens with zero attached hydrogens (tertiary/aromatic N) is 1. The molecule has 0 amide bonds. The highest BCUT2D eigenvalue weighted by atomic mass is 15.0. The lowest BCUT2D eigenvalue weighted by molar-refractivity contribution is 0.522. The number of aryl methyl sites for hydroxylation is 1. The highest BCUT2D eigenvalue weighted by Gasteiger charge is 2.18. The summed E-state index contributed by atoms with van der Waals surface area (Å²) in [6.07, 6.45) is 2.26. The van der Waals surface area contributed by atoms with E-state index >= 15 is 0 Å². The Bertz CT molecular complexity index is 491. The lowest BCUT2D eigenvalue weighted by Crippen LogP contribution is -2.30. The van der Waals surface area contributed by atoms with Gasteiger partial charge < -0.3 is 10.7 Å². The van der Waals surface area contributed by atoms with Gasteiger partial charge in [0.05, 0.1) is 16.6 Å². The summed E-state index contributed by atoms with van der Waals surface area (Å²) >= 11 is 0. The van der Waals surface area contributed by atoms with Crippen molar-refractivity contribution < 1.29 is 0 Å². The van der Waals surface area contributed by atoms with Crippen LogP contribution in [0.5, 0.6) is 0 Å². The standard InChI is InChI=1S/C13H19N3/c1-4-5-9-6-7-10-11(8-9)16-12(15-10)13(2,3)14/h6-8H,4-5,14H2,1-3H3,(H,15,16). The van der Waals surface area contributed by atoms with E-state index in [9.17, 15) is 0 Å². The minimum Gasteiger partial charge on any atom is -0.340 e. The maximum atomic E-state index is 6.02. The fourth-order valence-corrected chi connectivity index (χ4v) is 1.80. The number of fused-ring (bicyclic) bond motifs is 1. The van der Waals surface area contributed by atoms with E-state index in [-0.39, 0.29) is 0 Å². The summed E-state index contributed by atoms with van der Waals surface area (Å²) in [5, 5.41) is 0. The molecule has 16 heavy (non-hydrogen) atoms. The number of imidazole rings is 1. The number of H-pyrrole nitrogens is 1. The Morgan fingerprint density at radius 2 is 2.12 bits per heavy atom. The van der Waals surface area contributed by atoms with Gasteiger partial charge in [0.2, 0.25) is 0 Å². The van der Waals surface area contributed by atoms with Crippen molar-refractivity contribution in [2.75, 3.05) is 0 Å². The first kappa shape index (κ1) is 11.1. The van der Waals surface area contributed by atoms with Crippen LogP contribution >= 0.6 is 0 Å². The number of nitrogens with two attached hydrogens (primary N) is 1. The van der Waals surface area contributed by atoms with Gasteiger partial charge in [-0.05, 0) is 38.0 Å². The van der Waals surface area contributed by atoms with Crippen molar-refractivity contribution in [1.29, 1.82) is 0 Å². The van der Waals surface area contributed by atoms with Crippen molar-refractivity contribution in [2.45, 2.75) is 39.2 Å². The van der Waals surface area contributed by atoms with Crippen LogP contribution in [-0.4, -0.2) is 9.97 Å². The summed E-state index contributed by atoms with van der Waals surface area (Å²) < 4.78 is 0. The molecule has 0 unspecified atom stereocenters. The molecule has 0 spiro atoms. The summed E-state index contributed by atoms with van der Waals surface area (Å²) in [6.45, 7) is 6.10. The molecule has 2 rings (SSSR count). The molecular weight excluding hydrogens is 198 g/mol. The third-order valence-corrected chi connectivity index (χ3v) is 2.70. The van der Waals surface area contributed by atoms with Gasteiger partial charge in [0.15, 0.2) is 0 Å². The van der Waals surface area contributed by atoms with Crippen LogP contribution in [0.3, 0.4) is 0 Å². The van der Waals surface area contributed by atoms with Crippen LogP contribution in [0, 0.1) is 0 Å². The molecular formula is C13H19N3. The molecule has 1 aromatic heterocycles. The molecule has 1 aromatic carbocycles. The van der Waals surface area contributed by atoms with E-state index < -0.39 is 5.54 Å². The quantitative estimate of drug-likeness (QED) is 0.830. The number of hydrogen-bond donors (Lipinski definition) is 2. The predicted octanol–water partition coefficient (Wildman–Crippen LogP) is 2.71. The van der Waals surface area contributed by atoms with Crippen LogP contribution < -0.4 is 5.73 Å². The summed E-state index contributed by atoms with van der Waals surface area (Å²) in [5.41, 5.74) is 9.02. The molecule has 3 N–H and O–H groups in total. The fraction of sp³-hybridized carbons (Fsp3) is 0.462. The first-order valence-corrected chi connectivity index (χ1v) is 5.78. The molecule has 0 atom stereocenters. The molecule has 3 nitrogen and oxygen atoms in total. The second-order valence-electron chi connectivity index (χ2n) is 4.91. The molecule has 1 heterocycles. The second kappa shape index (κ2) is 3.91. The minimum atomic E-state index is -0.413. The fourth-order valence-electron chi connectivity index (χ4n) is 1.80. The normalized spacial score (nSPS) is 12.2. The largest absolute Gasteiger partial charge is 0.340 e. The van der Waals surface area contributed by atoms with Crippen LogP contribution in [-0.2, 0) is 12.0 Å². The first-order valence-electron chi connectivity index (χ1n) is 5.78. The van der Waals surface area contributed by atoms with Gasteiger partial charge in [0.1, 0.15) is 5.82 Å². The highest BCUT2D eigenvalue weighted by molar-refractivity contribution is 5.76. The molecule has 3 heteroatoms. The number of nitrogens with one attached hydrogen (secondary N) is 1. The zero-order valence-electron chi connectivity index (χ0n) is 10.2.